The minimum Gasteiger partial charge on any atom is -0.278 e. The number of imidazole rings is 2. The Morgan fingerprint density at radius 3 is 1.65 bits per heavy atom. The van der Waals surface area contributed by atoms with Crippen molar-refractivity contribution < 1.29 is 2.74 Å². The van der Waals surface area contributed by atoms with Gasteiger partial charge in [-0.2, -0.15) is 0 Å². The molecule has 204 valence electrons. The second-order valence-corrected chi connectivity index (χ2v) is 11.3. The summed E-state index contributed by atoms with van der Waals surface area (Å²) in [6.45, 7) is 1.63. The van der Waals surface area contributed by atoms with Crippen LogP contribution in [0.15, 0.2) is 133 Å². The monoisotopic (exact) mass is 553 g/mol. The van der Waals surface area contributed by atoms with E-state index >= 15 is 0 Å². The van der Waals surface area contributed by atoms with E-state index in [1.807, 2.05) is 12.1 Å². The lowest BCUT2D eigenvalue weighted by atomic mass is 9.81. The molecule has 0 unspecified atom stereocenters. The van der Waals surface area contributed by atoms with Crippen LogP contribution in [0.4, 0.5) is 0 Å². The van der Waals surface area contributed by atoms with Crippen molar-refractivity contribution in [2.24, 2.45) is 0 Å². The number of fused-ring (bicyclic) bond motifs is 13. The van der Waals surface area contributed by atoms with Crippen LogP contribution in [0.25, 0.3) is 78.0 Å². The van der Waals surface area contributed by atoms with Crippen molar-refractivity contribution in [2.75, 3.05) is 0 Å². The lowest BCUT2D eigenvalue weighted by Crippen LogP contribution is -2.00. The molecule has 0 N–H and O–H groups in total. The van der Waals surface area contributed by atoms with Crippen molar-refractivity contribution in [3.63, 3.8) is 0 Å². The molecule has 2 aromatic heterocycles. The summed E-state index contributed by atoms with van der Waals surface area (Å²) in [6, 6.07) is 47.5. The van der Waals surface area contributed by atoms with Gasteiger partial charge in [-0.1, -0.05) is 116 Å². The van der Waals surface area contributed by atoms with E-state index in [2.05, 4.69) is 130 Å². The Labute approximate surface area is 253 Å². The van der Waals surface area contributed by atoms with E-state index in [4.69, 9.17) is 7.73 Å². The van der Waals surface area contributed by atoms with Crippen molar-refractivity contribution in [2.45, 2.75) is 19.7 Å². The maximum atomic E-state index is 8.26. The van der Waals surface area contributed by atoms with Gasteiger partial charge < -0.3 is 0 Å². The smallest absolute Gasteiger partial charge is 0.220 e. The topological polar surface area (TPSA) is 22.2 Å². The molecule has 8 aromatic rings. The van der Waals surface area contributed by atoms with Crippen molar-refractivity contribution >= 4 is 27.8 Å². The van der Waals surface area contributed by atoms with E-state index < -0.39 is 6.37 Å². The second-order valence-electron chi connectivity index (χ2n) is 11.3. The number of rotatable bonds is 3. The molecule has 6 aromatic carbocycles. The second kappa shape index (κ2) is 9.30. The van der Waals surface area contributed by atoms with E-state index in [-0.39, 0.29) is 0 Å². The molecule has 0 spiro atoms. The van der Waals surface area contributed by atoms with Gasteiger partial charge in [0.25, 0.3) is 0 Å². The quantitative estimate of drug-likeness (QED) is 0.213. The SMILES string of the molecule is [2H]C([2H])(C)Cc1cccc2c1nc1n(-c3ccc4c(c3)-c3ccccc3-c3ccccc3-c3ccccc3-4)c3ccccc3n21. The van der Waals surface area contributed by atoms with Gasteiger partial charge in [-0.05, 0) is 86.8 Å². The number of nitrogens with zero attached hydrogens (tertiary/aromatic N) is 3. The maximum absolute atomic E-state index is 8.26. The van der Waals surface area contributed by atoms with Gasteiger partial charge in [0, 0.05) is 8.43 Å². The molecule has 43 heavy (non-hydrogen) atoms. The number of aromatic nitrogens is 3. The van der Waals surface area contributed by atoms with Crippen LogP contribution in [0.2, 0.25) is 0 Å². The van der Waals surface area contributed by atoms with Crippen molar-refractivity contribution in [3.8, 4) is 50.2 Å². The van der Waals surface area contributed by atoms with Gasteiger partial charge in [0.15, 0.2) is 0 Å². The third kappa shape index (κ3) is 3.45. The number of aryl methyl sites for hydroxylation is 1. The van der Waals surface area contributed by atoms with Gasteiger partial charge in [0.05, 0.1) is 22.1 Å². The standard InChI is InChI=1S/C40H29N3/c1-2-12-26-13-11-22-38-39(26)41-40-42(36-20-9-10-21-37(36)43(38)40)27-23-24-34-32-18-6-5-16-30(32)28-14-3-4-15-29(28)31-17-7-8-19-33(31)35(34)25-27/h3-11,13-25H,2,12H2,1H3/i2D2. The molecule has 9 rings (SSSR count). The first-order chi connectivity index (χ1) is 22.0. The lowest BCUT2D eigenvalue weighted by Gasteiger charge is -2.23. The van der Waals surface area contributed by atoms with Gasteiger partial charge >= 0.3 is 0 Å². The molecule has 1 aliphatic rings. The average Bonchev–Trinajstić information content (AvgIpc) is 3.59. The van der Waals surface area contributed by atoms with Gasteiger partial charge in [0.1, 0.15) is 0 Å². The Hall–Kier alpha value is -5.41. The Balaban J connectivity index is 1.36. The summed E-state index contributed by atoms with van der Waals surface area (Å²) in [6.07, 6.45) is -1.03. The summed E-state index contributed by atoms with van der Waals surface area (Å²) in [4.78, 5) is 5.23. The average molecular weight is 554 g/mol. The summed E-state index contributed by atoms with van der Waals surface area (Å²) in [5.74, 6) is 0.820. The molecular formula is C40H29N3. The highest BCUT2D eigenvalue weighted by molar-refractivity contribution is 6.03. The summed E-state index contributed by atoms with van der Waals surface area (Å²) < 4.78 is 21.0. The molecule has 3 heteroatoms. The number of hydrogen-bond acceptors (Lipinski definition) is 1. The highest BCUT2D eigenvalue weighted by atomic mass is 15.2. The molecule has 0 saturated heterocycles. The molecule has 0 amide bonds. The van der Waals surface area contributed by atoms with Crippen LogP contribution >= 0.6 is 0 Å². The predicted octanol–water partition coefficient (Wildman–Crippen LogP) is 10.4. The van der Waals surface area contributed by atoms with E-state index in [0.717, 1.165) is 39.1 Å². The molecule has 2 heterocycles. The first kappa shape index (κ1) is 22.2. The fourth-order valence-corrected chi connectivity index (χ4v) is 7.06. The van der Waals surface area contributed by atoms with E-state index in [1.165, 1.54) is 44.5 Å². The zero-order valence-corrected chi connectivity index (χ0v) is 23.8. The first-order valence-corrected chi connectivity index (χ1v) is 14.8. The minimum absolute atomic E-state index is 0.305. The fourth-order valence-electron chi connectivity index (χ4n) is 7.06. The summed E-state index contributed by atoms with van der Waals surface area (Å²) in [5, 5.41) is 0. The molecule has 0 radical (unpaired) electrons. The molecule has 0 bridgehead atoms. The number of benzene rings is 6. The number of hydrogen-bond donors (Lipinski definition) is 0. The van der Waals surface area contributed by atoms with Gasteiger partial charge in [0.2, 0.25) is 5.78 Å². The summed E-state index contributed by atoms with van der Waals surface area (Å²) in [7, 11) is 0. The summed E-state index contributed by atoms with van der Waals surface area (Å²) >= 11 is 0. The molecule has 0 saturated carbocycles. The van der Waals surface area contributed by atoms with Gasteiger partial charge in [-0.3, -0.25) is 8.97 Å². The molecule has 0 atom stereocenters. The third-order valence-electron chi connectivity index (χ3n) is 8.88. The fraction of sp³-hybridized carbons (Fsp3) is 0.0750. The van der Waals surface area contributed by atoms with Crippen LogP contribution in [-0.4, -0.2) is 14.0 Å². The van der Waals surface area contributed by atoms with Crippen LogP contribution in [0.3, 0.4) is 0 Å². The third-order valence-corrected chi connectivity index (χ3v) is 8.88. The maximum Gasteiger partial charge on any atom is 0.220 e. The van der Waals surface area contributed by atoms with Crippen LogP contribution in [0, 0.1) is 0 Å². The zero-order valence-electron chi connectivity index (χ0n) is 25.8. The van der Waals surface area contributed by atoms with Crippen LogP contribution in [0.5, 0.6) is 0 Å². The highest BCUT2D eigenvalue weighted by Crippen LogP contribution is 2.48. The highest BCUT2D eigenvalue weighted by Gasteiger charge is 2.23. The molecular weight excluding hydrogens is 522 g/mol. The molecule has 3 nitrogen and oxygen atoms in total. The Morgan fingerprint density at radius 1 is 0.535 bits per heavy atom. The minimum atomic E-state index is -1.34. The lowest BCUT2D eigenvalue weighted by molar-refractivity contribution is 0.927. The Bertz CT molecular complexity index is 2450. The predicted molar refractivity (Wildman–Crippen MR) is 179 cm³/mol. The van der Waals surface area contributed by atoms with Crippen LogP contribution in [-0.2, 0) is 6.42 Å². The molecule has 1 aliphatic carbocycles. The van der Waals surface area contributed by atoms with Crippen LogP contribution < -0.4 is 0 Å². The van der Waals surface area contributed by atoms with Crippen molar-refractivity contribution in [1.29, 1.82) is 0 Å². The molecule has 0 aliphatic heterocycles. The van der Waals surface area contributed by atoms with E-state index in [1.54, 1.807) is 6.92 Å². The van der Waals surface area contributed by atoms with Gasteiger partial charge in [-0.25, -0.2) is 4.98 Å². The van der Waals surface area contributed by atoms with E-state index in [9.17, 15) is 0 Å². The van der Waals surface area contributed by atoms with Crippen molar-refractivity contribution in [3.05, 3.63) is 139 Å². The normalized spacial score (nSPS) is 13.0. The summed E-state index contributed by atoms with van der Waals surface area (Å²) in [5.41, 5.74) is 15.6. The van der Waals surface area contributed by atoms with Crippen LogP contribution in [0.1, 0.15) is 21.6 Å². The van der Waals surface area contributed by atoms with E-state index in [0.29, 0.717) is 6.42 Å². The van der Waals surface area contributed by atoms with Crippen molar-refractivity contribution in [1.82, 2.24) is 14.0 Å². The molecule has 0 fully saturated rings. The Kier molecular flexibility index (Phi) is 4.81. The van der Waals surface area contributed by atoms with Gasteiger partial charge in [-0.15, -0.1) is 0 Å². The Morgan fingerprint density at radius 2 is 1.05 bits per heavy atom. The number of para-hydroxylation sites is 3. The first-order valence-electron chi connectivity index (χ1n) is 15.8. The largest absolute Gasteiger partial charge is 0.278 e. The zero-order chi connectivity index (χ0) is 30.3.